The van der Waals surface area contributed by atoms with Crippen LogP contribution in [0.2, 0.25) is 0 Å². The Hall–Kier alpha value is -0.630. The average molecular weight is 184 g/mol. The summed E-state index contributed by atoms with van der Waals surface area (Å²) < 4.78 is 10.1. The Morgan fingerprint density at radius 1 is 1.54 bits per heavy atom. The molecule has 0 aromatic carbocycles. The summed E-state index contributed by atoms with van der Waals surface area (Å²) >= 11 is 0. The van der Waals surface area contributed by atoms with Gasteiger partial charge in [0, 0.05) is 33.7 Å². The largest absolute Gasteiger partial charge is 0.356 e. The van der Waals surface area contributed by atoms with Crippen molar-refractivity contribution >= 4 is 0 Å². The normalized spacial score (nSPS) is 22.8. The number of likely N-dealkylation sites (tertiary alicyclic amines) is 1. The van der Waals surface area contributed by atoms with Crippen LogP contribution in [-0.2, 0) is 9.47 Å². The Balaban J connectivity index is 2.15. The van der Waals surface area contributed by atoms with E-state index in [0.717, 1.165) is 25.9 Å². The van der Waals surface area contributed by atoms with Crippen LogP contribution in [0, 0.1) is 11.3 Å². The first-order valence-corrected chi connectivity index (χ1v) is 4.51. The minimum atomic E-state index is -0.139. The van der Waals surface area contributed by atoms with E-state index in [-0.39, 0.29) is 12.3 Å². The van der Waals surface area contributed by atoms with Crippen molar-refractivity contribution < 1.29 is 9.47 Å². The molecule has 4 heteroatoms. The summed E-state index contributed by atoms with van der Waals surface area (Å²) in [4.78, 5) is 2.14. The van der Waals surface area contributed by atoms with Crippen molar-refractivity contribution in [3.8, 4) is 6.07 Å². The molecule has 1 fully saturated rings. The quantitative estimate of drug-likeness (QED) is 0.587. The van der Waals surface area contributed by atoms with E-state index in [1.807, 2.05) is 0 Å². The summed E-state index contributed by atoms with van der Waals surface area (Å²) in [5.41, 5.74) is 0. The first kappa shape index (κ1) is 10.5. The average Bonchev–Trinajstić information content (AvgIpc) is 2.11. The van der Waals surface area contributed by atoms with Crippen LogP contribution >= 0.6 is 0 Å². The van der Waals surface area contributed by atoms with Gasteiger partial charge in [-0.1, -0.05) is 0 Å². The number of nitriles is 1. The summed E-state index contributed by atoms with van der Waals surface area (Å²) in [6, 6.07) is 2.38. The fourth-order valence-electron chi connectivity index (χ4n) is 1.46. The molecular weight excluding hydrogens is 168 g/mol. The molecule has 0 spiro atoms. The fourth-order valence-corrected chi connectivity index (χ4v) is 1.46. The van der Waals surface area contributed by atoms with Crippen molar-refractivity contribution in [1.82, 2.24) is 4.90 Å². The fraction of sp³-hybridized carbons (Fsp3) is 0.889. The van der Waals surface area contributed by atoms with Gasteiger partial charge in [0.15, 0.2) is 6.29 Å². The van der Waals surface area contributed by atoms with Crippen LogP contribution in [0.3, 0.4) is 0 Å². The molecule has 1 atom stereocenters. The van der Waals surface area contributed by atoms with E-state index in [2.05, 4.69) is 11.0 Å². The third-order valence-corrected chi connectivity index (χ3v) is 2.46. The molecule has 0 aromatic rings. The summed E-state index contributed by atoms with van der Waals surface area (Å²) in [6.07, 6.45) is 1.69. The lowest BCUT2D eigenvalue weighted by atomic mass is 10.0. The molecule has 0 saturated carbocycles. The highest BCUT2D eigenvalue weighted by atomic mass is 16.7. The van der Waals surface area contributed by atoms with E-state index in [1.54, 1.807) is 14.2 Å². The lowest BCUT2D eigenvalue weighted by Crippen LogP contribution is -2.47. The van der Waals surface area contributed by atoms with Gasteiger partial charge in [-0.2, -0.15) is 5.26 Å². The van der Waals surface area contributed by atoms with Crippen molar-refractivity contribution in [1.29, 1.82) is 5.26 Å². The third-order valence-electron chi connectivity index (χ3n) is 2.46. The molecule has 0 aliphatic carbocycles. The molecule has 0 aromatic heterocycles. The predicted octanol–water partition coefficient (Wildman–Crippen LogP) is 0.593. The van der Waals surface area contributed by atoms with E-state index < -0.39 is 0 Å². The van der Waals surface area contributed by atoms with Gasteiger partial charge in [-0.05, 0) is 6.42 Å². The highest BCUT2D eigenvalue weighted by Gasteiger charge is 2.27. The highest BCUT2D eigenvalue weighted by Crippen LogP contribution is 2.17. The van der Waals surface area contributed by atoms with Crippen molar-refractivity contribution in [3.63, 3.8) is 0 Å². The predicted molar refractivity (Wildman–Crippen MR) is 48.0 cm³/mol. The first-order valence-electron chi connectivity index (χ1n) is 4.51. The molecule has 0 N–H and O–H groups in total. The van der Waals surface area contributed by atoms with Gasteiger partial charge in [0.25, 0.3) is 0 Å². The van der Waals surface area contributed by atoms with Gasteiger partial charge < -0.3 is 9.47 Å². The van der Waals surface area contributed by atoms with Gasteiger partial charge in [0.05, 0.1) is 12.1 Å². The van der Waals surface area contributed by atoms with Crippen LogP contribution in [0.5, 0.6) is 0 Å². The second-order valence-electron chi connectivity index (χ2n) is 3.16. The van der Waals surface area contributed by atoms with Gasteiger partial charge in [0.2, 0.25) is 0 Å². The minimum absolute atomic E-state index is 0.120. The van der Waals surface area contributed by atoms with E-state index >= 15 is 0 Å². The topological polar surface area (TPSA) is 45.5 Å². The number of methoxy groups -OCH3 is 2. The van der Waals surface area contributed by atoms with Gasteiger partial charge in [-0.3, -0.25) is 4.90 Å². The number of ether oxygens (including phenoxy) is 2. The lowest BCUT2D eigenvalue weighted by molar-refractivity contribution is -0.112. The molecule has 1 aliphatic heterocycles. The smallest absolute Gasteiger partial charge is 0.158 e. The highest BCUT2D eigenvalue weighted by molar-refractivity contribution is 4.98. The van der Waals surface area contributed by atoms with Crippen molar-refractivity contribution in [2.24, 2.45) is 0 Å². The molecule has 13 heavy (non-hydrogen) atoms. The molecule has 1 heterocycles. The van der Waals surface area contributed by atoms with Gasteiger partial charge >= 0.3 is 0 Å². The molecule has 4 nitrogen and oxygen atoms in total. The standard InChI is InChI=1S/C9H16N2O2/c1-12-9(13-2)4-6-11-5-3-8(11)7-10/h8-9H,3-6H2,1-2H3. The summed E-state index contributed by atoms with van der Waals surface area (Å²) in [7, 11) is 3.26. The minimum Gasteiger partial charge on any atom is -0.356 e. The van der Waals surface area contributed by atoms with Gasteiger partial charge in [-0.25, -0.2) is 0 Å². The van der Waals surface area contributed by atoms with Crippen LogP contribution in [0.1, 0.15) is 12.8 Å². The molecular formula is C9H16N2O2. The lowest BCUT2D eigenvalue weighted by Gasteiger charge is -2.36. The molecule has 0 amide bonds. The number of nitrogens with zero attached hydrogens (tertiary/aromatic N) is 2. The van der Waals surface area contributed by atoms with Crippen LogP contribution in [-0.4, -0.2) is 44.5 Å². The Morgan fingerprint density at radius 2 is 2.23 bits per heavy atom. The summed E-state index contributed by atoms with van der Waals surface area (Å²) in [6.45, 7) is 1.91. The van der Waals surface area contributed by atoms with Crippen LogP contribution < -0.4 is 0 Å². The SMILES string of the molecule is COC(CCN1CCC1C#N)OC. The van der Waals surface area contributed by atoms with Crippen LogP contribution in [0.4, 0.5) is 0 Å². The number of hydrogen-bond donors (Lipinski definition) is 0. The van der Waals surface area contributed by atoms with Gasteiger partial charge in [-0.15, -0.1) is 0 Å². The van der Waals surface area contributed by atoms with E-state index in [1.165, 1.54) is 0 Å². The maximum Gasteiger partial charge on any atom is 0.158 e. The second-order valence-corrected chi connectivity index (χ2v) is 3.16. The molecule has 1 unspecified atom stereocenters. The zero-order valence-corrected chi connectivity index (χ0v) is 8.19. The zero-order chi connectivity index (χ0) is 9.68. The molecule has 1 saturated heterocycles. The Kier molecular flexibility index (Phi) is 4.16. The summed E-state index contributed by atoms with van der Waals surface area (Å²) in [5.74, 6) is 0. The molecule has 0 radical (unpaired) electrons. The molecule has 74 valence electrons. The Labute approximate surface area is 79.0 Å². The first-order chi connectivity index (χ1) is 6.31. The Bertz CT molecular complexity index is 187. The second kappa shape index (κ2) is 5.18. The zero-order valence-electron chi connectivity index (χ0n) is 8.19. The molecule has 1 aliphatic rings. The third kappa shape index (κ3) is 2.66. The monoisotopic (exact) mass is 184 g/mol. The molecule has 0 bridgehead atoms. The van der Waals surface area contributed by atoms with Crippen LogP contribution in [0.25, 0.3) is 0 Å². The van der Waals surface area contributed by atoms with E-state index in [4.69, 9.17) is 14.7 Å². The number of hydrogen-bond acceptors (Lipinski definition) is 4. The maximum absolute atomic E-state index is 8.68. The molecule has 1 rings (SSSR count). The van der Waals surface area contributed by atoms with Gasteiger partial charge in [0.1, 0.15) is 0 Å². The Morgan fingerprint density at radius 3 is 2.62 bits per heavy atom. The van der Waals surface area contributed by atoms with E-state index in [0.29, 0.717) is 0 Å². The summed E-state index contributed by atoms with van der Waals surface area (Å²) in [5, 5.41) is 8.68. The van der Waals surface area contributed by atoms with Crippen molar-refractivity contribution in [2.75, 3.05) is 27.3 Å². The van der Waals surface area contributed by atoms with Crippen molar-refractivity contribution in [3.05, 3.63) is 0 Å². The van der Waals surface area contributed by atoms with Crippen LogP contribution in [0.15, 0.2) is 0 Å². The maximum atomic E-state index is 8.68. The van der Waals surface area contributed by atoms with E-state index in [9.17, 15) is 0 Å². The van der Waals surface area contributed by atoms with Crippen molar-refractivity contribution in [2.45, 2.75) is 25.2 Å². The number of rotatable bonds is 5.